The molecule has 21 heavy (non-hydrogen) atoms. The zero-order chi connectivity index (χ0) is 14.8. The minimum absolute atomic E-state index is 0.0202. The average molecular weight is 281 g/mol. The normalized spacial score (nSPS) is 19.4. The first kappa shape index (κ1) is 13.7. The van der Waals surface area contributed by atoms with Crippen LogP contribution in [0.2, 0.25) is 0 Å². The summed E-state index contributed by atoms with van der Waals surface area (Å²) in [5.41, 5.74) is 3.40. The largest absolute Gasteiger partial charge is 0.439 e. The lowest BCUT2D eigenvalue weighted by Gasteiger charge is -2.22. The van der Waals surface area contributed by atoms with E-state index in [2.05, 4.69) is 31.2 Å². The third kappa shape index (κ3) is 2.77. The van der Waals surface area contributed by atoms with E-state index in [1.807, 2.05) is 37.3 Å². The topological polar surface area (TPSA) is 29.5 Å². The summed E-state index contributed by atoms with van der Waals surface area (Å²) in [5.74, 6) is 0. The molecule has 108 valence electrons. The van der Waals surface area contributed by atoms with E-state index in [1.165, 1.54) is 5.56 Å². The molecular weight excluding hydrogens is 262 g/mol. The molecule has 1 aliphatic heterocycles. The summed E-state index contributed by atoms with van der Waals surface area (Å²) in [4.78, 5) is 13.9. The van der Waals surface area contributed by atoms with Gasteiger partial charge in [0.15, 0.2) is 0 Å². The highest BCUT2D eigenvalue weighted by Crippen LogP contribution is 2.32. The van der Waals surface area contributed by atoms with Crippen LogP contribution in [0.1, 0.15) is 35.8 Å². The van der Waals surface area contributed by atoms with Gasteiger partial charge in [0.2, 0.25) is 0 Å². The number of cyclic esters (lactones) is 1. The Morgan fingerprint density at radius 3 is 2.43 bits per heavy atom. The van der Waals surface area contributed by atoms with Gasteiger partial charge in [0.25, 0.3) is 0 Å². The van der Waals surface area contributed by atoms with E-state index in [4.69, 9.17) is 4.74 Å². The Labute approximate surface area is 125 Å². The molecule has 3 rings (SSSR count). The fourth-order valence-electron chi connectivity index (χ4n) is 2.66. The molecule has 0 radical (unpaired) electrons. The highest BCUT2D eigenvalue weighted by atomic mass is 16.6. The van der Waals surface area contributed by atoms with Crippen molar-refractivity contribution in [3.05, 3.63) is 71.3 Å². The molecule has 2 aromatic rings. The quantitative estimate of drug-likeness (QED) is 0.841. The molecule has 2 unspecified atom stereocenters. The van der Waals surface area contributed by atoms with Gasteiger partial charge in [0.05, 0.1) is 12.6 Å². The van der Waals surface area contributed by atoms with E-state index >= 15 is 0 Å². The molecule has 2 aromatic carbocycles. The van der Waals surface area contributed by atoms with Crippen LogP contribution in [0.15, 0.2) is 54.6 Å². The molecule has 1 aliphatic rings. The average Bonchev–Trinajstić information content (AvgIpc) is 2.90. The van der Waals surface area contributed by atoms with E-state index < -0.39 is 0 Å². The van der Waals surface area contributed by atoms with Gasteiger partial charge in [0.1, 0.15) is 6.10 Å². The summed E-state index contributed by atoms with van der Waals surface area (Å²) < 4.78 is 5.51. The van der Waals surface area contributed by atoms with Crippen molar-refractivity contribution in [3.8, 4) is 0 Å². The van der Waals surface area contributed by atoms with E-state index in [9.17, 15) is 4.79 Å². The molecule has 0 aliphatic carbocycles. The molecule has 2 atom stereocenters. The first-order valence-corrected chi connectivity index (χ1v) is 7.24. The summed E-state index contributed by atoms with van der Waals surface area (Å²) in [6.45, 7) is 4.70. The first-order chi connectivity index (χ1) is 10.1. The first-order valence-electron chi connectivity index (χ1n) is 7.24. The number of rotatable bonds is 3. The maximum absolute atomic E-state index is 12.1. The smallest absolute Gasteiger partial charge is 0.411 e. The molecule has 0 spiro atoms. The van der Waals surface area contributed by atoms with Gasteiger partial charge in [-0.25, -0.2) is 4.79 Å². The van der Waals surface area contributed by atoms with Gasteiger partial charge in [0, 0.05) is 0 Å². The maximum atomic E-state index is 12.1. The summed E-state index contributed by atoms with van der Waals surface area (Å²) in [5, 5.41) is 0. The van der Waals surface area contributed by atoms with Crippen LogP contribution in [-0.4, -0.2) is 17.5 Å². The lowest BCUT2D eigenvalue weighted by Crippen LogP contribution is -2.27. The highest BCUT2D eigenvalue weighted by Gasteiger charge is 2.35. The van der Waals surface area contributed by atoms with Gasteiger partial charge in [-0.3, -0.25) is 4.90 Å². The molecule has 0 aromatic heterocycles. The molecular formula is C18H19NO2. The van der Waals surface area contributed by atoms with Crippen molar-refractivity contribution in [2.45, 2.75) is 26.0 Å². The number of hydrogen-bond acceptors (Lipinski definition) is 2. The Bertz CT molecular complexity index is 621. The van der Waals surface area contributed by atoms with Crippen LogP contribution in [0, 0.1) is 6.92 Å². The molecule has 3 heteroatoms. The Morgan fingerprint density at radius 2 is 1.76 bits per heavy atom. The highest BCUT2D eigenvalue weighted by molar-refractivity contribution is 5.71. The van der Waals surface area contributed by atoms with Crippen molar-refractivity contribution in [2.75, 3.05) is 6.54 Å². The number of carbonyl (C=O) groups is 1. The number of amides is 1. The molecule has 0 saturated carbocycles. The maximum Gasteiger partial charge on any atom is 0.411 e. The Kier molecular flexibility index (Phi) is 3.65. The number of hydrogen-bond donors (Lipinski definition) is 0. The van der Waals surface area contributed by atoms with Crippen molar-refractivity contribution in [1.82, 2.24) is 4.90 Å². The molecule has 1 heterocycles. The van der Waals surface area contributed by atoms with Crippen molar-refractivity contribution in [3.63, 3.8) is 0 Å². The second-order valence-electron chi connectivity index (χ2n) is 5.52. The molecule has 1 amide bonds. The zero-order valence-corrected chi connectivity index (χ0v) is 12.3. The second kappa shape index (κ2) is 5.60. The van der Waals surface area contributed by atoms with Crippen LogP contribution < -0.4 is 0 Å². The van der Waals surface area contributed by atoms with Crippen LogP contribution in [0.4, 0.5) is 4.79 Å². The number of carbonyl (C=O) groups excluding carboxylic acids is 1. The van der Waals surface area contributed by atoms with Crippen molar-refractivity contribution in [2.24, 2.45) is 0 Å². The SMILES string of the molecule is Cc1ccc(C(C)N2CC(c3ccccc3)OC2=O)cc1. The molecule has 0 bridgehead atoms. The standard InChI is InChI=1S/C18H19NO2/c1-13-8-10-15(11-9-13)14(2)19-12-17(21-18(19)20)16-6-4-3-5-7-16/h3-11,14,17H,12H2,1-2H3. The minimum atomic E-state index is -0.239. The van der Waals surface area contributed by atoms with Gasteiger partial charge < -0.3 is 4.74 Å². The van der Waals surface area contributed by atoms with E-state index in [0.29, 0.717) is 6.54 Å². The van der Waals surface area contributed by atoms with Gasteiger partial charge in [-0.05, 0) is 25.0 Å². The van der Waals surface area contributed by atoms with Crippen molar-refractivity contribution in [1.29, 1.82) is 0 Å². The summed E-state index contributed by atoms with van der Waals surface area (Å²) >= 11 is 0. The van der Waals surface area contributed by atoms with Crippen molar-refractivity contribution < 1.29 is 9.53 Å². The third-order valence-corrected chi connectivity index (χ3v) is 4.04. The molecule has 3 nitrogen and oxygen atoms in total. The van der Waals surface area contributed by atoms with Crippen LogP contribution in [0.25, 0.3) is 0 Å². The van der Waals surface area contributed by atoms with Gasteiger partial charge in [-0.1, -0.05) is 60.2 Å². The monoisotopic (exact) mass is 281 g/mol. The number of nitrogens with zero attached hydrogens (tertiary/aromatic N) is 1. The van der Waals surface area contributed by atoms with Crippen LogP contribution in [0.3, 0.4) is 0 Å². The van der Waals surface area contributed by atoms with Crippen LogP contribution in [0.5, 0.6) is 0 Å². The number of aryl methyl sites for hydroxylation is 1. The fraction of sp³-hybridized carbons (Fsp3) is 0.278. The predicted molar refractivity (Wildman–Crippen MR) is 82.0 cm³/mol. The van der Waals surface area contributed by atoms with Crippen LogP contribution in [-0.2, 0) is 4.74 Å². The predicted octanol–water partition coefficient (Wildman–Crippen LogP) is 4.25. The Balaban J connectivity index is 1.77. The van der Waals surface area contributed by atoms with Crippen LogP contribution >= 0.6 is 0 Å². The third-order valence-electron chi connectivity index (χ3n) is 4.04. The van der Waals surface area contributed by atoms with Gasteiger partial charge in [-0.15, -0.1) is 0 Å². The number of ether oxygens (including phenoxy) is 1. The van der Waals surface area contributed by atoms with E-state index in [1.54, 1.807) is 4.90 Å². The van der Waals surface area contributed by atoms with E-state index in [-0.39, 0.29) is 18.2 Å². The van der Waals surface area contributed by atoms with Gasteiger partial charge >= 0.3 is 6.09 Å². The van der Waals surface area contributed by atoms with E-state index in [0.717, 1.165) is 11.1 Å². The lowest BCUT2D eigenvalue weighted by atomic mass is 10.0. The summed E-state index contributed by atoms with van der Waals surface area (Å²) in [6.07, 6.45) is -0.413. The lowest BCUT2D eigenvalue weighted by molar-refractivity contribution is 0.129. The minimum Gasteiger partial charge on any atom is -0.439 e. The molecule has 1 saturated heterocycles. The fourth-order valence-corrected chi connectivity index (χ4v) is 2.66. The molecule has 1 fully saturated rings. The summed E-state index contributed by atoms with van der Waals surface area (Å²) in [7, 11) is 0. The number of benzene rings is 2. The zero-order valence-electron chi connectivity index (χ0n) is 12.3. The summed E-state index contributed by atoms with van der Waals surface area (Å²) in [6, 6.07) is 18.2. The Morgan fingerprint density at radius 1 is 1.10 bits per heavy atom. The second-order valence-corrected chi connectivity index (χ2v) is 5.52. The van der Waals surface area contributed by atoms with Gasteiger partial charge in [-0.2, -0.15) is 0 Å². The van der Waals surface area contributed by atoms with Crippen molar-refractivity contribution >= 4 is 6.09 Å². The molecule has 0 N–H and O–H groups in total. The Hall–Kier alpha value is -2.29.